The van der Waals surface area contributed by atoms with Gasteiger partial charge in [-0.1, -0.05) is 18.2 Å². The van der Waals surface area contributed by atoms with Crippen LogP contribution in [0.3, 0.4) is 0 Å². The van der Waals surface area contributed by atoms with E-state index in [0.717, 1.165) is 31.1 Å². The van der Waals surface area contributed by atoms with E-state index in [2.05, 4.69) is 10.4 Å². The van der Waals surface area contributed by atoms with Crippen LogP contribution in [0.1, 0.15) is 0 Å². The molecule has 3 rings (SSSR count). The molecule has 2 aromatic rings. The van der Waals surface area contributed by atoms with Crippen molar-refractivity contribution in [1.29, 1.82) is 0 Å². The third-order valence-electron chi connectivity index (χ3n) is 2.90. The lowest BCUT2D eigenvalue weighted by molar-refractivity contribution is 0.295. The molecule has 0 radical (unpaired) electrons. The molecule has 1 N–H and O–H groups in total. The molecule has 0 aliphatic carbocycles. The number of benzene rings is 1. The highest BCUT2D eigenvalue weighted by molar-refractivity contribution is 5.27. The highest BCUT2D eigenvalue weighted by atomic mass is 16.5. The molecule has 17 heavy (non-hydrogen) atoms. The smallest absolute Gasteiger partial charge is 0.165 e. The van der Waals surface area contributed by atoms with Crippen molar-refractivity contribution in [3.05, 3.63) is 42.7 Å². The van der Waals surface area contributed by atoms with Gasteiger partial charge in [0, 0.05) is 25.6 Å². The van der Waals surface area contributed by atoms with Crippen LogP contribution in [0.25, 0.3) is 0 Å². The standard InChI is InChI=1S/C13H15N3O/c1-2-4-12(5-3-1)17-13-8-15-16(10-13)9-11-6-14-7-11/h1-5,8,10-11,14H,6-7,9H2. The van der Waals surface area contributed by atoms with E-state index in [1.54, 1.807) is 6.20 Å². The van der Waals surface area contributed by atoms with E-state index < -0.39 is 0 Å². The Bertz CT molecular complexity index is 476. The van der Waals surface area contributed by atoms with Crippen LogP contribution in [-0.4, -0.2) is 22.9 Å². The van der Waals surface area contributed by atoms with Crippen LogP contribution in [0.5, 0.6) is 11.5 Å². The summed E-state index contributed by atoms with van der Waals surface area (Å²) in [5, 5.41) is 7.55. The van der Waals surface area contributed by atoms with Gasteiger partial charge in [-0.15, -0.1) is 0 Å². The van der Waals surface area contributed by atoms with Gasteiger partial charge in [0.05, 0.1) is 12.4 Å². The van der Waals surface area contributed by atoms with Gasteiger partial charge in [-0.3, -0.25) is 4.68 Å². The zero-order valence-electron chi connectivity index (χ0n) is 9.54. The molecule has 0 amide bonds. The molecule has 1 saturated heterocycles. The molecule has 88 valence electrons. The molecular formula is C13H15N3O. The first kappa shape index (κ1) is 10.4. The van der Waals surface area contributed by atoms with Gasteiger partial charge < -0.3 is 10.1 Å². The maximum atomic E-state index is 5.69. The number of hydrogen-bond donors (Lipinski definition) is 1. The summed E-state index contributed by atoms with van der Waals surface area (Å²) in [6, 6.07) is 9.76. The van der Waals surface area contributed by atoms with Crippen LogP contribution in [0.4, 0.5) is 0 Å². The molecule has 1 aliphatic heterocycles. The molecule has 0 bridgehead atoms. The van der Waals surface area contributed by atoms with Gasteiger partial charge in [0.2, 0.25) is 0 Å². The van der Waals surface area contributed by atoms with E-state index in [9.17, 15) is 0 Å². The molecular weight excluding hydrogens is 214 g/mol. The molecule has 1 aromatic carbocycles. The number of para-hydroxylation sites is 1. The van der Waals surface area contributed by atoms with Gasteiger partial charge >= 0.3 is 0 Å². The Kier molecular flexibility index (Phi) is 2.80. The van der Waals surface area contributed by atoms with Crippen molar-refractivity contribution >= 4 is 0 Å². The molecule has 2 heterocycles. The highest BCUT2D eigenvalue weighted by Crippen LogP contribution is 2.20. The lowest BCUT2D eigenvalue weighted by Gasteiger charge is -2.26. The van der Waals surface area contributed by atoms with Gasteiger partial charge in [0.15, 0.2) is 5.75 Å². The molecule has 4 nitrogen and oxygen atoms in total. The van der Waals surface area contributed by atoms with E-state index in [1.165, 1.54) is 0 Å². The largest absolute Gasteiger partial charge is 0.454 e. The topological polar surface area (TPSA) is 39.1 Å². The molecule has 1 aromatic heterocycles. The fraction of sp³-hybridized carbons (Fsp3) is 0.308. The van der Waals surface area contributed by atoms with E-state index in [-0.39, 0.29) is 0 Å². The van der Waals surface area contributed by atoms with Gasteiger partial charge in [0.25, 0.3) is 0 Å². The second-order valence-corrected chi connectivity index (χ2v) is 4.34. The third kappa shape index (κ3) is 2.47. The molecule has 4 heteroatoms. The van der Waals surface area contributed by atoms with Crippen molar-refractivity contribution in [3.8, 4) is 11.5 Å². The maximum absolute atomic E-state index is 5.69. The molecule has 1 fully saturated rings. The summed E-state index contributed by atoms with van der Waals surface area (Å²) in [7, 11) is 0. The Balaban J connectivity index is 1.64. The number of ether oxygens (including phenoxy) is 1. The van der Waals surface area contributed by atoms with Crippen molar-refractivity contribution in [2.24, 2.45) is 5.92 Å². The zero-order valence-corrected chi connectivity index (χ0v) is 9.54. The van der Waals surface area contributed by atoms with Crippen LogP contribution in [-0.2, 0) is 6.54 Å². The minimum atomic E-state index is 0.708. The van der Waals surface area contributed by atoms with Crippen LogP contribution < -0.4 is 10.1 Å². The fourth-order valence-electron chi connectivity index (χ4n) is 1.86. The summed E-state index contributed by atoms with van der Waals surface area (Å²) >= 11 is 0. The normalized spacial score (nSPS) is 15.5. The molecule has 0 atom stereocenters. The molecule has 0 saturated carbocycles. The Hall–Kier alpha value is -1.81. The molecule has 0 spiro atoms. The highest BCUT2D eigenvalue weighted by Gasteiger charge is 2.17. The van der Waals surface area contributed by atoms with Crippen LogP contribution in [0, 0.1) is 5.92 Å². The third-order valence-corrected chi connectivity index (χ3v) is 2.90. The number of rotatable bonds is 4. The van der Waals surface area contributed by atoms with Crippen LogP contribution >= 0.6 is 0 Å². The minimum absolute atomic E-state index is 0.708. The summed E-state index contributed by atoms with van der Waals surface area (Å²) in [4.78, 5) is 0. The second kappa shape index (κ2) is 4.59. The Morgan fingerprint density at radius 1 is 1.24 bits per heavy atom. The van der Waals surface area contributed by atoms with Crippen LogP contribution in [0.2, 0.25) is 0 Å². The molecule has 0 unspecified atom stereocenters. The average molecular weight is 229 g/mol. The van der Waals surface area contributed by atoms with Crippen molar-refractivity contribution in [3.63, 3.8) is 0 Å². The van der Waals surface area contributed by atoms with E-state index in [1.807, 2.05) is 41.2 Å². The zero-order chi connectivity index (χ0) is 11.5. The first-order chi connectivity index (χ1) is 8.40. The summed E-state index contributed by atoms with van der Waals surface area (Å²) < 4.78 is 7.64. The Morgan fingerprint density at radius 3 is 2.76 bits per heavy atom. The van der Waals surface area contributed by atoms with E-state index in [4.69, 9.17) is 4.74 Å². The number of nitrogens with zero attached hydrogens (tertiary/aromatic N) is 2. The van der Waals surface area contributed by atoms with Crippen LogP contribution in [0.15, 0.2) is 42.7 Å². The number of aromatic nitrogens is 2. The fourth-order valence-corrected chi connectivity index (χ4v) is 1.86. The predicted molar refractivity (Wildman–Crippen MR) is 65.1 cm³/mol. The first-order valence-electron chi connectivity index (χ1n) is 5.86. The average Bonchev–Trinajstić information content (AvgIpc) is 2.73. The van der Waals surface area contributed by atoms with Gasteiger partial charge in [-0.25, -0.2) is 0 Å². The van der Waals surface area contributed by atoms with Gasteiger partial charge in [-0.05, 0) is 12.1 Å². The van der Waals surface area contributed by atoms with E-state index in [0.29, 0.717) is 5.92 Å². The van der Waals surface area contributed by atoms with Gasteiger partial charge in [-0.2, -0.15) is 5.10 Å². The summed E-state index contributed by atoms with van der Waals surface area (Å²) in [5.41, 5.74) is 0. The molecule has 1 aliphatic rings. The minimum Gasteiger partial charge on any atom is -0.454 e. The van der Waals surface area contributed by atoms with Crippen molar-refractivity contribution in [2.45, 2.75) is 6.54 Å². The first-order valence-corrected chi connectivity index (χ1v) is 5.86. The number of nitrogens with one attached hydrogen (secondary N) is 1. The summed E-state index contributed by atoms with van der Waals surface area (Å²) in [6.07, 6.45) is 3.71. The predicted octanol–water partition coefficient (Wildman–Crippen LogP) is 1.89. The summed E-state index contributed by atoms with van der Waals surface area (Å²) in [5.74, 6) is 2.35. The Morgan fingerprint density at radius 2 is 2.06 bits per heavy atom. The van der Waals surface area contributed by atoms with E-state index >= 15 is 0 Å². The SMILES string of the molecule is c1ccc(Oc2cnn(CC3CNC3)c2)cc1. The second-order valence-electron chi connectivity index (χ2n) is 4.34. The van der Waals surface area contributed by atoms with Crippen molar-refractivity contribution in [2.75, 3.05) is 13.1 Å². The quantitative estimate of drug-likeness (QED) is 0.870. The van der Waals surface area contributed by atoms with Crippen molar-refractivity contribution < 1.29 is 4.74 Å². The van der Waals surface area contributed by atoms with Crippen molar-refractivity contribution in [1.82, 2.24) is 15.1 Å². The van der Waals surface area contributed by atoms with Gasteiger partial charge in [0.1, 0.15) is 5.75 Å². The maximum Gasteiger partial charge on any atom is 0.165 e. The number of hydrogen-bond acceptors (Lipinski definition) is 3. The lowest BCUT2D eigenvalue weighted by Crippen LogP contribution is -2.44. The Labute approximate surface area is 100 Å². The summed E-state index contributed by atoms with van der Waals surface area (Å²) in [6.45, 7) is 3.15. The lowest BCUT2D eigenvalue weighted by atomic mass is 10.0. The monoisotopic (exact) mass is 229 g/mol.